The zero-order chi connectivity index (χ0) is 24.9. The number of benzene rings is 3. The van der Waals surface area contributed by atoms with Crippen LogP contribution in [0.3, 0.4) is 0 Å². The summed E-state index contributed by atoms with van der Waals surface area (Å²) < 4.78 is 5.60. The first kappa shape index (κ1) is 24.5. The van der Waals surface area contributed by atoms with Gasteiger partial charge in [0.1, 0.15) is 5.75 Å². The molecule has 1 unspecified atom stereocenters. The maximum absolute atomic E-state index is 12.8. The standard InChI is InChI=1S/C28H27ClN2O4/c1-19-5-7-20(8-6-19)26(32)30(2)24-13-15-25(16-14-24)35-28(34)22-4-3-17-31(18-22)27(33)21-9-11-23(29)12-10-21/h5-16,22H,3-4,17-18H2,1-2H3. The fourth-order valence-corrected chi connectivity index (χ4v) is 4.20. The van der Waals surface area contributed by atoms with Gasteiger partial charge >= 0.3 is 5.97 Å². The summed E-state index contributed by atoms with van der Waals surface area (Å²) in [6.07, 6.45) is 1.39. The molecule has 1 saturated heterocycles. The van der Waals surface area contributed by atoms with Gasteiger partial charge in [-0.1, -0.05) is 29.3 Å². The average molecular weight is 491 g/mol. The summed E-state index contributed by atoms with van der Waals surface area (Å²) in [5.41, 5.74) is 2.92. The molecule has 7 heteroatoms. The molecule has 1 heterocycles. The van der Waals surface area contributed by atoms with Crippen LogP contribution in [0.15, 0.2) is 72.8 Å². The van der Waals surface area contributed by atoms with Gasteiger partial charge in [-0.3, -0.25) is 14.4 Å². The number of halogens is 1. The zero-order valence-corrected chi connectivity index (χ0v) is 20.5. The number of ether oxygens (including phenoxy) is 1. The Bertz CT molecular complexity index is 1210. The highest BCUT2D eigenvalue weighted by molar-refractivity contribution is 6.30. The van der Waals surface area contributed by atoms with Crippen LogP contribution in [0.5, 0.6) is 5.75 Å². The smallest absolute Gasteiger partial charge is 0.316 e. The fraction of sp³-hybridized carbons (Fsp3) is 0.250. The summed E-state index contributed by atoms with van der Waals surface area (Å²) in [7, 11) is 1.71. The Labute approximate surface area is 210 Å². The van der Waals surface area contributed by atoms with Crippen LogP contribution >= 0.6 is 11.6 Å². The SMILES string of the molecule is Cc1ccc(C(=O)N(C)c2ccc(OC(=O)C3CCCN(C(=O)c4ccc(Cl)cc4)C3)cc2)cc1. The lowest BCUT2D eigenvalue weighted by atomic mass is 9.97. The highest BCUT2D eigenvalue weighted by Crippen LogP contribution is 2.24. The minimum Gasteiger partial charge on any atom is -0.426 e. The van der Waals surface area contributed by atoms with E-state index >= 15 is 0 Å². The maximum Gasteiger partial charge on any atom is 0.316 e. The Hall–Kier alpha value is -3.64. The second-order valence-electron chi connectivity index (χ2n) is 8.74. The number of hydrogen-bond acceptors (Lipinski definition) is 4. The number of anilines is 1. The molecular weight excluding hydrogens is 464 g/mol. The predicted molar refractivity (Wildman–Crippen MR) is 136 cm³/mol. The van der Waals surface area contributed by atoms with Crippen LogP contribution in [0, 0.1) is 12.8 Å². The predicted octanol–water partition coefficient (Wildman–Crippen LogP) is 5.38. The lowest BCUT2D eigenvalue weighted by molar-refractivity contribution is -0.140. The summed E-state index contributed by atoms with van der Waals surface area (Å²) in [4.78, 5) is 41.6. The number of carbonyl (C=O) groups is 3. The van der Waals surface area contributed by atoms with E-state index < -0.39 is 5.92 Å². The minimum atomic E-state index is -0.398. The van der Waals surface area contributed by atoms with Gasteiger partial charge in [0.25, 0.3) is 11.8 Å². The molecule has 35 heavy (non-hydrogen) atoms. The van der Waals surface area contributed by atoms with Gasteiger partial charge in [0, 0.05) is 42.0 Å². The number of esters is 1. The van der Waals surface area contributed by atoms with Crippen molar-refractivity contribution >= 4 is 35.1 Å². The van der Waals surface area contributed by atoms with Crippen LogP contribution in [0.4, 0.5) is 5.69 Å². The molecule has 0 spiro atoms. The van der Waals surface area contributed by atoms with Crippen LogP contribution in [0.25, 0.3) is 0 Å². The lowest BCUT2D eigenvalue weighted by Gasteiger charge is -2.31. The number of aryl methyl sites for hydroxylation is 1. The van der Waals surface area contributed by atoms with Gasteiger partial charge in [0.15, 0.2) is 0 Å². The third-order valence-corrected chi connectivity index (χ3v) is 6.43. The molecule has 0 saturated carbocycles. The summed E-state index contributed by atoms with van der Waals surface area (Å²) >= 11 is 5.91. The number of carbonyl (C=O) groups excluding carboxylic acids is 3. The molecule has 3 aromatic rings. The fourth-order valence-electron chi connectivity index (χ4n) is 4.07. The molecule has 0 aliphatic carbocycles. The van der Waals surface area contributed by atoms with Crippen molar-refractivity contribution in [3.8, 4) is 5.75 Å². The first-order chi connectivity index (χ1) is 16.8. The highest BCUT2D eigenvalue weighted by Gasteiger charge is 2.30. The summed E-state index contributed by atoms with van der Waals surface area (Å²) in [6.45, 7) is 2.88. The van der Waals surface area contributed by atoms with E-state index in [1.807, 2.05) is 19.1 Å². The van der Waals surface area contributed by atoms with Crippen molar-refractivity contribution in [2.75, 3.05) is 25.0 Å². The highest BCUT2D eigenvalue weighted by atomic mass is 35.5. The van der Waals surface area contributed by atoms with Gasteiger partial charge in [0.05, 0.1) is 5.92 Å². The average Bonchev–Trinajstić information content (AvgIpc) is 2.89. The van der Waals surface area contributed by atoms with Crippen molar-refractivity contribution in [1.29, 1.82) is 0 Å². The Morgan fingerprint density at radius 1 is 0.914 bits per heavy atom. The topological polar surface area (TPSA) is 66.9 Å². The normalized spacial score (nSPS) is 15.4. The molecule has 4 rings (SSSR count). The van der Waals surface area contributed by atoms with E-state index in [0.717, 1.165) is 12.0 Å². The van der Waals surface area contributed by atoms with E-state index in [1.165, 1.54) is 0 Å². The third-order valence-electron chi connectivity index (χ3n) is 6.18. The van der Waals surface area contributed by atoms with E-state index in [2.05, 4.69) is 0 Å². The monoisotopic (exact) mass is 490 g/mol. The molecule has 180 valence electrons. The number of hydrogen-bond donors (Lipinski definition) is 0. The Kier molecular flexibility index (Phi) is 7.51. The molecule has 0 bridgehead atoms. The van der Waals surface area contributed by atoms with Crippen molar-refractivity contribution in [2.45, 2.75) is 19.8 Å². The molecule has 1 aliphatic heterocycles. The van der Waals surface area contributed by atoms with Gasteiger partial charge in [-0.15, -0.1) is 0 Å². The summed E-state index contributed by atoms with van der Waals surface area (Å²) in [6, 6.07) is 21.0. The van der Waals surface area contributed by atoms with Crippen LogP contribution < -0.4 is 9.64 Å². The van der Waals surface area contributed by atoms with E-state index in [1.54, 1.807) is 77.5 Å². The van der Waals surface area contributed by atoms with E-state index in [0.29, 0.717) is 47.1 Å². The zero-order valence-electron chi connectivity index (χ0n) is 19.7. The summed E-state index contributed by atoms with van der Waals surface area (Å²) in [5.74, 6) is -0.607. The molecule has 1 atom stereocenters. The number of nitrogens with zero attached hydrogens (tertiary/aromatic N) is 2. The largest absolute Gasteiger partial charge is 0.426 e. The van der Waals surface area contributed by atoms with Crippen molar-refractivity contribution in [1.82, 2.24) is 4.90 Å². The van der Waals surface area contributed by atoms with Crippen molar-refractivity contribution in [3.05, 3.63) is 94.5 Å². The Morgan fingerprint density at radius 2 is 1.54 bits per heavy atom. The van der Waals surface area contributed by atoms with Gasteiger partial charge in [-0.2, -0.15) is 0 Å². The third kappa shape index (κ3) is 5.89. The van der Waals surface area contributed by atoms with Crippen LogP contribution in [0.1, 0.15) is 39.1 Å². The molecule has 6 nitrogen and oxygen atoms in total. The maximum atomic E-state index is 12.8. The van der Waals surface area contributed by atoms with Crippen LogP contribution in [-0.2, 0) is 4.79 Å². The molecule has 0 aromatic heterocycles. The van der Waals surface area contributed by atoms with Crippen LogP contribution in [0.2, 0.25) is 5.02 Å². The van der Waals surface area contributed by atoms with E-state index in [-0.39, 0.29) is 17.8 Å². The quantitative estimate of drug-likeness (QED) is 0.355. The second kappa shape index (κ2) is 10.7. The van der Waals surface area contributed by atoms with Crippen LogP contribution in [-0.4, -0.2) is 42.8 Å². The van der Waals surface area contributed by atoms with Gasteiger partial charge in [0.2, 0.25) is 0 Å². The molecular formula is C28H27ClN2O4. The first-order valence-electron chi connectivity index (χ1n) is 11.5. The number of likely N-dealkylation sites (tertiary alicyclic amines) is 1. The van der Waals surface area contributed by atoms with Gasteiger partial charge < -0.3 is 14.5 Å². The minimum absolute atomic E-state index is 0.121. The Balaban J connectivity index is 1.36. The number of rotatable bonds is 5. The molecule has 1 aliphatic rings. The van der Waals surface area contributed by atoms with Gasteiger partial charge in [-0.25, -0.2) is 0 Å². The van der Waals surface area contributed by atoms with E-state index in [9.17, 15) is 14.4 Å². The van der Waals surface area contributed by atoms with Gasteiger partial charge in [-0.05, 0) is 80.4 Å². The molecule has 2 amide bonds. The second-order valence-corrected chi connectivity index (χ2v) is 9.18. The summed E-state index contributed by atoms with van der Waals surface area (Å²) in [5, 5.41) is 0.568. The van der Waals surface area contributed by atoms with Crippen molar-refractivity contribution < 1.29 is 19.1 Å². The van der Waals surface area contributed by atoms with E-state index in [4.69, 9.17) is 16.3 Å². The van der Waals surface area contributed by atoms with Crippen molar-refractivity contribution in [2.24, 2.45) is 5.92 Å². The molecule has 3 aromatic carbocycles. The molecule has 0 N–H and O–H groups in total. The number of amides is 2. The Morgan fingerprint density at radius 3 is 2.20 bits per heavy atom. The van der Waals surface area contributed by atoms with Crippen molar-refractivity contribution in [3.63, 3.8) is 0 Å². The molecule has 0 radical (unpaired) electrons. The lowest BCUT2D eigenvalue weighted by Crippen LogP contribution is -2.43. The number of piperidine rings is 1. The first-order valence-corrected chi connectivity index (χ1v) is 11.9. The molecule has 1 fully saturated rings.